The number of anilines is 1. The Bertz CT molecular complexity index is 1420. The van der Waals surface area contributed by atoms with Gasteiger partial charge in [-0.25, -0.2) is 4.79 Å². The Morgan fingerprint density at radius 3 is 2.35 bits per heavy atom. The number of benzene rings is 3. The predicted octanol–water partition coefficient (Wildman–Crippen LogP) is 4.18. The Hall–Kier alpha value is -4.23. The molecule has 34 heavy (non-hydrogen) atoms. The molecule has 0 unspecified atom stereocenters. The average Bonchev–Trinajstić information content (AvgIpc) is 2.89. The van der Waals surface area contributed by atoms with Crippen LogP contribution in [-0.2, 0) is 4.74 Å². The number of morpholine rings is 1. The third-order valence-corrected chi connectivity index (χ3v) is 5.80. The van der Waals surface area contributed by atoms with Crippen LogP contribution < -0.4 is 10.9 Å². The van der Waals surface area contributed by atoms with Crippen LogP contribution in [0.4, 0.5) is 5.69 Å². The van der Waals surface area contributed by atoms with Crippen molar-refractivity contribution < 1.29 is 18.7 Å². The fraction of sp³-hybridized carbons (Fsp3) is 0.148. The molecule has 170 valence electrons. The molecule has 2 heterocycles. The predicted molar refractivity (Wildman–Crippen MR) is 129 cm³/mol. The zero-order valence-electron chi connectivity index (χ0n) is 18.3. The minimum absolute atomic E-state index is 0.141. The van der Waals surface area contributed by atoms with Crippen LogP contribution in [0.1, 0.15) is 20.7 Å². The van der Waals surface area contributed by atoms with E-state index in [1.165, 1.54) is 0 Å². The summed E-state index contributed by atoms with van der Waals surface area (Å²) in [6.07, 6.45) is 0. The fourth-order valence-electron chi connectivity index (χ4n) is 3.97. The molecule has 4 aromatic rings. The summed E-state index contributed by atoms with van der Waals surface area (Å²) < 4.78 is 10.7. The monoisotopic (exact) mass is 454 g/mol. The molecular weight excluding hydrogens is 432 g/mol. The molecule has 1 aromatic heterocycles. The lowest BCUT2D eigenvalue weighted by Crippen LogP contribution is -2.41. The molecule has 0 atom stereocenters. The van der Waals surface area contributed by atoms with Gasteiger partial charge in [0.15, 0.2) is 0 Å². The van der Waals surface area contributed by atoms with Gasteiger partial charge in [-0.05, 0) is 42.0 Å². The van der Waals surface area contributed by atoms with Gasteiger partial charge in [-0.15, -0.1) is 0 Å². The number of ether oxygens (including phenoxy) is 1. The summed E-state index contributed by atoms with van der Waals surface area (Å²) in [7, 11) is 0. The van der Waals surface area contributed by atoms with Crippen LogP contribution >= 0.6 is 0 Å². The lowest BCUT2D eigenvalue weighted by molar-refractivity contribution is 0.0303. The molecule has 0 radical (unpaired) electrons. The molecule has 1 N–H and O–H groups in total. The first-order chi connectivity index (χ1) is 16.6. The van der Waals surface area contributed by atoms with Crippen molar-refractivity contribution in [2.45, 2.75) is 0 Å². The van der Waals surface area contributed by atoms with Gasteiger partial charge in [-0.2, -0.15) is 0 Å². The van der Waals surface area contributed by atoms with E-state index in [0.717, 1.165) is 5.39 Å². The van der Waals surface area contributed by atoms with Crippen LogP contribution in [0.15, 0.2) is 88.1 Å². The Balaban J connectivity index is 1.36. The van der Waals surface area contributed by atoms with Crippen LogP contribution in [0.3, 0.4) is 0 Å². The van der Waals surface area contributed by atoms with E-state index in [4.69, 9.17) is 9.15 Å². The van der Waals surface area contributed by atoms with Crippen molar-refractivity contribution >= 4 is 28.5 Å². The highest BCUT2D eigenvalue weighted by Crippen LogP contribution is 2.23. The van der Waals surface area contributed by atoms with Crippen molar-refractivity contribution in [2.75, 3.05) is 31.6 Å². The summed E-state index contributed by atoms with van der Waals surface area (Å²) >= 11 is 0. The van der Waals surface area contributed by atoms with Crippen molar-refractivity contribution in [1.29, 1.82) is 0 Å². The van der Waals surface area contributed by atoms with Gasteiger partial charge in [0.25, 0.3) is 11.8 Å². The molecule has 0 saturated carbocycles. The highest BCUT2D eigenvalue weighted by molar-refractivity contribution is 6.09. The van der Waals surface area contributed by atoms with Crippen LogP contribution in [0.2, 0.25) is 0 Å². The van der Waals surface area contributed by atoms with Gasteiger partial charge in [-0.1, -0.05) is 42.5 Å². The summed E-state index contributed by atoms with van der Waals surface area (Å²) in [6, 6.07) is 22.8. The van der Waals surface area contributed by atoms with E-state index in [-0.39, 0.29) is 11.8 Å². The van der Waals surface area contributed by atoms with Crippen LogP contribution in [0, 0.1) is 0 Å². The summed E-state index contributed by atoms with van der Waals surface area (Å²) in [5.74, 6) is -0.489. The Kier molecular flexibility index (Phi) is 5.93. The van der Waals surface area contributed by atoms with Gasteiger partial charge in [-0.3, -0.25) is 9.59 Å². The minimum Gasteiger partial charge on any atom is -0.422 e. The van der Waals surface area contributed by atoms with Crippen LogP contribution in [0.5, 0.6) is 0 Å². The normalized spacial score (nSPS) is 13.6. The quantitative estimate of drug-likeness (QED) is 0.467. The molecule has 0 aliphatic carbocycles. The van der Waals surface area contributed by atoms with Gasteiger partial charge in [0.05, 0.1) is 30.0 Å². The topological polar surface area (TPSA) is 88.8 Å². The molecular formula is C27H22N2O5. The van der Waals surface area contributed by atoms with Gasteiger partial charge in [0.1, 0.15) is 5.58 Å². The second-order valence-corrected chi connectivity index (χ2v) is 7.97. The Morgan fingerprint density at radius 2 is 1.56 bits per heavy atom. The summed E-state index contributed by atoms with van der Waals surface area (Å²) in [5, 5.41) is 3.66. The maximum absolute atomic E-state index is 12.9. The van der Waals surface area contributed by atoms with Crippen molar-refractivity contribution in [3.63, 3.8) is 0 Å². The molecule has 1 saturated heterocycles. The van der Waals surface area contributed by atoms with Gasteiger partial charge < -0.3 is 19.4 Å². The molecule has 0 bridgehead atoms. The smallest absolute Gasteiger partial charge is 0.344 e. The fourth-order valence-corrected chi connectivity index (χ4v) is 3.97. The zero-order chi connectivity index (χ0) is 23.5. The van der Waals surface area contributed by atoms with E-state index in [0.29, 0.717) is 59.8 Å². The summed E-state index contributed by atoms with van der Waals surface area (Å²) in [4.78, 5) is 40.0. The maximum atomic E-state index is 12.9. The highest BCUT2D eigenvalue weighted by atomic mass is 16.5. The Labute approximate surface area is 195 Å². The van der Waals surface area contributed by atoms with Crippen LogP contribution in [0.25, 0.3) is 22.1 Å². The highest BCUT2D eigenvalue weighted by Gasteiger charge is 2.22. The number of fused-ring (bicyclic) bond motifs is 1. The molecule has 5 rings (SSSR count). The lowest BCUT2D eigenvalue weighted by Gasteiger charge is -2.27. The first-order valence-electron chi connectivity index (χ1n) is 11.0. The number of carbonyl (C=O) groups is 2. The number of para-hydroxylation sites is 2. The average molecular weight is 454 g/mol. The second kappa shape index (κ2) is 9.33. The van der Waals surface area contributed by atoms with E-state index in [2.05, 4.69) is 5.32 Å². The molecule has 7 heteroatoms. The SMILES string of the molecule is O=C(Nc1ccccc1C(=O)N1CCOCC1)c1ccc(-c2cc3ccccc3oc2=O)cc1. The number of hydrogen-bond acceptors (Lipinski definition) is 5. The van der Waals surface area contributed by atoms with Crippen molar-refractivity contribution in [3.05, 3.63) is 100 Å². The lowest BCUT2D eigenvalue weighted by atomic mass is 10.0. The van der Waals surface area contributed by atoms with Crippen molar-refractivity contribution in [1.82, 2.24) is 4.90 Å². The third kappa shape index (κ3) is 4.33. The van der Waals surface area contributed by atoms with Gasteiger partial charge in [0.2, 0.25) is 0 Å². The first kappa shape index (κ1) is 21.6. The van der Waals surface area contributed by atoms with E-state index < -0.39 is 5.63 Å². The maximum Gasteiger partial charge on any atom is 0.344 e. The van der Waals surface area contributed by atoms with E-state index in [1.54, 1.807) is 65.6 Å². The number of nitrogens with one attached hydrogen (secondary N) is 1. The first-order valence-corrected chi connectivity index (χ1v) is 11.0. The van der Waals surface area contributed by atoms with Crippen molar-refractivity contribution in [2.24, 2.45) is 0 Å². The molecule has 1 fully saturated rings. The number of carbonyl (C=O) groups excluding carboxylic acids is 2. The van der Waals surface area contributed by atoms with E-state index >= 15 is 0 Å². The van der Waals surface area contributed by atoms with E-state index in [1.807, 2.05) is 18.2 Å². The standard InChI is InChI=1S/C27H22N2O5/c30-25(28-23-7-3-2-6-21(23)26(31)29-13-15-33-16-14-29)19-11-9-18(10-12-19)22-17-20-5-1-4-8-24(20)34-27(22)32/h1-12,17H,13-16H2,(H,28,30). The molecule has 3 aromatic carbocycles. The molecule has 1 aliphatic heterocycles. The van der Waals surface area contributed by atoms with Gasteiger partial charge >= 0.3 is 5.63 Å². The summed E-state index contributed by atoms with van der Waals surface area (Å²) in [5.41, 5.74) is 2.45. The minimum atomic E-state index is -0.438. The second-order valence-electron chi connectivity index (χ2n) is 7.97. The zero-order valence-corrected chi connectivity index (χ0v) is 18.3. The third-order valence-electron chi connectivity index (χ3n) is 5.80. The van der Waals surface area contributed by atoms with Crippen LogP contribution in [-0.4, -0.2) is 43.0 Å². The van der Waals surface area contributed by atoms with E-state index in [9.17, 15) is 14.4 Å². The molecule has 1 aliphatic rings. The number of amides is 2. The summed E-state index contributed by atoms with van der Waals surface area (Å²) in [6.45, 7) is 2.04. The Morgan fingerprint density at radius 1 is 0.853 bits per heavy atom. The molecule has 2 amide bonds. The van der Waals surface area contributed by atoms with Crippen molar-refractivity contribution in [3.8, 4) is 11.1 Å². The van der Waals surface area contributed by atoms with Gasteiger partial charge in [0, 0.05) is 24.0 Å². The molecule has 0 spiro atoms. The number of nitrogens with zero attached hydrogens (tertiary/aromatic N) is 1. The largest absolute Gasteiger partial charge is 0.422 e. The number of rotatable bonds is 4. The number of hydrogen-bond donors (Lipinski definition) is 1. The molecule has 7 nitrogen and oxygen atoms in total.